The number of rotatable bonds is 3. The lowest BCUT2D eigenvalue weighted by Gasteiger charge is -2.14. The van der Waals surface area contributed by atoms with E-state index in [1.165, 1.54) is 5.39 Å². The number of nitrogens with zero attached hydrogens (tertiary/aromatic N) is 4. The lowest BCUT2D eigenvalue weighted by molar-refractivity contribution is 0.669. The zero-order chi connectivity index (χ0) is 30.9. The van der Waals surface area contributed by atoms with Crippen molar-refractivity contribution in [2.45, 2.75) is 0 Å². The van der Waals surface area contributed by atoms with Gasteiger partial charge in [0.1, 0.15) is 11.2 Å². The number of aromatic nitrogens is 4. The van der Waals surface area contributed by atoms with Gasteiger partial charge in [0.2, 0.25) is 0 Å². The zero-order valence-electron chi connectivity index (χ0n) is 25.1. The third-order valence-electron chi connectivity index (χ3n) is 9.16. The molecule has 0 unspecified atom stereocenters. The number of para-hydroxylation sites is 1. The molecular weight excluding hydrogens is 576 g/mol. The molecule has 7 aromatic carbocycles. The summed E-state index contributed by atoms with van der Waals surface area (Å²) in [6.07, 6.45) is 3.80. The summed E-state index contributed by atoms with van der Waals surface area (Å²) in [4.78, 5) is 20.2. The maximum absolute atomic E-state index is 6.42. The SMILES string of the molecule is c1ccc(-c2nc(-c3cc4ccc5ccncc5c4c4ccccc34)nc(-c3c4ccccc4cc4oc5ccccc5c34)n2)cc1. The molecule has 218 valence electrons. The summed E-state index contributed by atoms with van der Waals surface area (Å²) >= 11 is 0. The summed E-state index contributed by atoms with van der Waals surface area (Å²) < 4.78 is 6.42. The van der Waals surface area contributed by atoms with Crippen molar-refractivity contribution in [2.75, 3.05) is 0 Å². The molecule has 0 fully saturated rings. The molecule has 0 atom stereocenters. The van der Waals surface area contributed by atoms with Crippen molar-refractivity contribution in [2.24, 2.45) is 0 Å². The minimum Gasteiger partial charge on any atom is -0.456 e. The zero-order valence-corrected chi connectivity index (χ0v) is 25.1. The summed E-state index contributed by atoms with van der Waals surface area (Å²) in [7, 11) is 0. The fourth-order valence-corrected chi connectivity index (χ4v) is 7.06. The smallest absolute Gasteiger partial charge is 0.165 e. The second-order valence-corrected chi connectivity index (χ2v) is 11.8. The van der Waals surface area contributed by atoms with Crippen LogP contribution in [0.1, 0.15) is 0 Å². The van der Waals surface area contributed by atoms with Gasteiger partial charge in [-0.3, -0.25) is 4.98 Å². The van der Waals surface area contributed by atoms with Crippen molar-refractivity contribution in [3.05, 3.63) is 146 Å². The monoisotopic (exact) mass is 600 g/mol. The van der Waals surface area contributed by atoms with Crippen LogP contribution in [0.5, 0.6) is 0 Å². The molecule has 0 aliphatic carbocycles. The van der Waals surface area contributed by atoms with Crippen LogP contribution in [0.4, 0.5) is 0 Å². The average molecular weight is 601 g/mol. The van der Waals surface area contributed by atoms with E-state index in [-0.39, 0.29) is 0 Å². The van der Waals surface area contributed by atoms with Gasteiger partial charge in [0.15, 0.2) is 17.5 Å². The van der Waals surface area contributed by atoms with E-state index in [0.29, 0.717) is 17.5 Å². The molecule has 5 nitrogen and oxygen atoms in total. The molecule has 0 radical (unpaired) electrons. The summed E-state index contributed by atoms with van der Waals surface area (Å²) in [5, 5.41) is 10.9. The predicted molar refractivity (Wildman–Crippen MR) is 191 cm³/mol. The molecule has 10 rings (SSSR count). The molecule has 0 amide bonds. The summed E-state index contributed by atoms with van der Waals surface area (Å²) in [5.41, 5.74) is 4.45. The maximum atomic E-state index is 6.42. The van der Waals surface area contributed by atoms with Crippen molar-refractivity contribution in [3.8, 4) is 34.2 Å². The lowest BCUT2D eigenvalue weighted by Crippen LogP contribution is -2.01. The van der Waals surface area contributed by atoms with Crippen LogP contribution in [0.25, 0.3) is 99.2 Å². The summed E-state index contributed by atoms with van der Waals surface area (Å²) in [5.74, 6) is 1.84. The maximum Gasteiger partial charge on any atom is 0.165 e. The van der Waals surface area contributed by atoms with Crippen molar-refractivity contribution in [3.63, 3.8) is 0 Å². The molecule has 5 heteroatoms. The molecule has 10 aromatic rings. The Morgan fingerprint density at radius 2 is 1.13 bits per heavy atom. The first-order chi connectivity index (χ1) is 23.3. The van der Waals surface area contributed by atoms with Crippen LogP contribution in [0.3, 0.4) is 0 Å². The first kappa shape index (κ1) is 25.8. The van der Waals surface area contributed by atoms with E-state index < -0.39 is 0 Å². The number of fused-ring (bicyclic) bond motifs is 9. The van der Waals surface area contributed by atoms with Crippen LogP contribution in [-0.4, -0.2) is 19.9 Å². The Morgan fingerprint density at radius 3 is 2.02 bits per heavy atom. The molecule has 0 bridgehead atoms. The molecule has 0 spiro atoms. The van der Waals surface area contributed by atoms with E-state index in [4.69, 9.17) is 19.4 Å². The van der Waals surface area contributed by atoms with Crippen LogP contribution < -0.4 is 0 Å². The van der Waals surface area contributed by atoms with Gasteiger partial charge in [-0.2, -0.15) is 0 Å². The number of hydrogen-bond donors (Lipinski definition) is 0. The Kier molecular flexibility index (Phi) is 5.51. The highest BCUT2D eigenvalue weighted by atomic mass is 16.3. The Morgan fingerprint density at radius 1 is 0.426 bits per heavy atom. The normalized spacial score (nSPS) is 11.8. The van der Waals surface area contributed by atoms with E-state index in [1.54, 1.807) is 0 Å². The summed E-state index contributed by atoms with van der Waals surface area (Å²) in [6.45, 7) is 0. The lowest BCUT2D eigenvalue weighted by atomic mass is 9.93. The van der Waals surface area contributed by atoms with Crippen LogP contribution in [0.15, 0.2) is 150 Å². The minimum absolute atomic E-state index is 0.606. The van der Waals surface area contributed by atoms with E-state index >= 15 is 0 Å². The number of pyridine rings is 1. The summed E-state index contributed by atoms with van der Waals surface area (Å²) in [6, 6.07) is 45.9. The van der Waals surface area contributed by atoms with Gasteiger partial charge in [0, 0.05) is 45.2 Å². The third kappa shape index (κ3) is 3.97. The molecule has 0 aliphatic rings. The molecule has 0 aliphatic heterocycles. The van der Waals surface area contributed by atoms with Gasteiger partial charge in [0.25, 0.3) is 0 Å². The Hall–Kier alpha value is -6.46. The highest BCUT2D eigenvalue weighted by Gasteiger charge is 2.22. The standard InChI is InChI=1S/C42H24N4O/c1-2-10-26(11-3-1)40-44-41(33-22-28-19-18-25-20-21-43-24-34(25)37(28)31-15-7-6-14-30(31)33)46-42(45-40)39-29-13-5-4-12-27(29)23-36-38(39)32-16-8-9-17-35(32)47-36/h1-24H. The van der Waals surface area contributed by atoms with Crippen molar-refractivity contribution in [1.82, 2.24) is 19.9 Å². The molecule has 47 heavy (non-hydrogen) atoms. The molecule has 3 aromatic heterocycles. The highest BCUT2D eigenvalue weighted by Crippen LogP contribution is 2.42. The first-order valence-electron chi connectivity index (χ1n) is 15.6. The van der Waals surface area contributed by atoms with Gasteiger partial charge >= 0.3 is 0 Å². The topological polar surface area (TPSA) is 64.7 Å². The Bertz CT molecular complexity index is 2860. The number of furan rings is 1. The number of hydrogen-bond acceptors (Lipinski definition) is 5. The van der Waals surface area contributed by atoms with Gasteiger partial charge in [-0.15, -0.1) is 0 Å². The fourth-order valence-electron chi connectivity index (χ4n) is 7.06. The third-order valence-corrected chi connectivity index (χ3v) is 9.16. The first-order valence-corrected chi connectivity index (χ1v) is 15.6. The highest BCUT2D eigenvalue weighted by molar-refractivity contribution is 6.23. The van der Waals surface area contributed by atoms with Crippen LogP contribution >= 0.6 is 0 Å². The minimum atomic E-state index is 0.606. The molecular formula is C42H24N4O. The molecule has 0 saturated carbocycles. The fraction of sp³-hybridized carbons (Fsp3) is 0. The Balaban J connectivity index is 1.34. The largest absolute Gasteiger partial charge is 0.456 e. The second-order valence-electron chi connectivity index (χ2n) is 11.8. The number of benzene rings is 7. The molecule has 0 N–H and O–H groups in total. The van der Waals surface area contributed by atoms with Crippen LogP contribution in [-0.2, 0) is 0 Å². The Labute approximate surface area is 268 Å². The van der Waals surface area contributed by atoms with Gasteiger partial charge in [0.05, 0.1) is 0 Å². The predicted octanol–water partition coefficient (Wildman–Crippen LogP) is 10.8. The van der Waals surface area contributed by atoms with E-state index in [0.717, 1.165) is 76.3 Å². The van der Waals surface area contributed by atoms with Crippen molar-refractivity contribution < 1.29 is 4.42 Å². The van der Waals surface area contributed by atoms with Crippen molar-refractivity contribution >= 4 is 65.0 Å². The van der Waals surface area contributed by atoms with Crippen LogP contribution in [0, 0.1) is 0 Å². The van der Waals surface area contributed by atoms with Gasteiger partial charge in [-0.25, -0.2) is 15.0 Å². The van der Waals surface area contributed by atoms with E-state index in [9.17, 15) is 0 Å². The van der Waals surface area contributed by atoms with Crippen molar-refractivity contribution in [1.29, 1.82) is 0 Å². The average Bonchev–Trinajstić information content (AvgIpc) is 3.51. The van der Waals surface area contributed by atoms with Gasteiger partial charge in [-0.1, -0.05) is 109 Å². The van der Waals surface area contributed by atoms with Gasteiger partial charge < -0.3 is 4.42 Å². The van der Waals surface area contributed by atoms with E-state index in [2.05, 4.69) is 89.9 Å². The van der Waals surface area contributed by atoms with Crippen LogP contribution in [0.2, 0.25) is 0 Å². The quantitative estimate of drug-likeness (QED) is 0.189. The molecule has 0 saturated heterocycles. The van der Waals surface area contributed by atoms with Gasteiger partial charge in [-0.05, 0) is 62.0 Å². The molecule has 3 heterocycles. The van der Waals surface area contributed by atoms with E-state index in [1.807, 2.05) is 60.9 Å². The second kappa shape index (κ2) is 10.0.